The van der Waals surface area contributed by atoms with Crippen LogP contribution in [-0.2, 0) is 43.3 Å². The van der Waals surface area contributed by atoms with E-state index >= 15 is 0 Å². The quantitative estimate of drug-likeness (QED) is 0.310. The molecule has 3 aliphatic rings. The number of nitrogens with zero attached hydrogens (tertiary/aromatic N) is 1. The third kappa shape index (κ3) is 6.81. The molecular formula is C33H40N2O5. The molecule has 2 fully saturated rings. The molecule has 0 aromatic heterocycles. The minimum Gasteiger partial charge on any atom is -0.365 e. The third-order valence-corrected chi connectivity index (χ3v) is 8.41. The second kappa shape index (κ2) is 13.3. The van der Waals surface area contributed by atoms with Crippen molar-refractivity contribution in [3.63, 3.8) is 0 Å². The van der Waals surface area contributed by atoms with Crippen LogP contribution in [0.15, 0.2) is 55.1 Å². The van der Waals surface area contributed by atoms with E-state index in [9.17, 15) is 14.4 Å². The highest BCUT2D eigenvalue weighted by Crippen LogP contribution is 2.41. The number of fused-ring (bicyclic) bond motifs is 3. The minimum absolute atomic E-state index is 0.000160. The Kier molecular flexibility index (Phi) is 9.32. The van der Waals surface area contributed by atoms with Crippen LogP contribution in [-0.4, -0.2) is 35.6 Å². The summed E-state index contributed by atoms with van der Waals surface area (Å²) in [5.74, 6) is -0.161. The van der Waals surface area contributed by atoms with Crippen LogP contribution >= 0.6 is 0 Å². The fraction of sp³-hybridized carbons (Fsp3) is 0.485. The highest BCUT2D eigenvalue weighted by atomic mass is 16.7. The Labute approximate surface area is 236 Å². The highest BCUT2D eigenvalue weighted by molar-refractivity contribution is 5.80. The number of allylic oxidation sites excluding steroid dienone is 1. The first kappa shape index (κ1) is 28.1. The minimum atomic E-state index is -0.473. The average Bonchev–Trinajstić information content (AvgIpc) is 3.13. The van der Waals surface area contributed by atoms with Gasteiger partial charge in [-0.25, -0.2) is 4.79 Å². The van der Waals surface area contributed by atoms with Crippen molar-refractivity contribution in [1.82, 2.24) is 10.4 Å². The number of nitrogens with one attached hydrogen (secondary N) is 1. The van der Waals surface area contributed by atoms with Gasteiger partial charge in [-0.3, -0.25) is 9.59 Å². The summed E-state index contributed by atoms with van der Waals surface area (Å²) in [6.45, 7) is 4.04. The van der Waals surface area contributed by atoms with E-state index < -0.39 is 12.0 Å². The van der Waals surface area contributed by atoms with Crippen molar-refractivity contribution in [3.8, 4) is 0 Å². The average molecular weight is 545 g/mol. The van der Waals surface area contributed by atoms with Crippen molar-refractivity contribution in [2.45, 2.75) is 95.2 Å². The first-order valence-electron chi connectivity index (χ1n) is 14.7. The standard InChI is InChI=1S/C33H40N2O5/c1-2-3-10-32(38)40-35-31(37)22-39-29-20-27-17-11-23(19-28(27)33(29)35)14-18-30(36)34-21-24-12-15-26(16-13-24)25-8-6-4-5-7-9-25/h2,11-13,15-17,19,25,29,33H,1,3-10,14,18,20-22H2,(H,34,36). The molecule has 2 aromatic carbocycles. The Morgan fingerprint density at radius 2 is 1.77 bits per heavy atom. The number of carbonyl (C=O) groups is 3. The van der Waals surface area contributed by atoms with Crippen molar-refractivity contribution >= 4 is 17.8 Å². The van der Waals surface area contributed by atoms with E-state index in [0.29, 0.717) is 38.1 Å². The summed E-state index contributed by atoms with van der Waals surface area (Å²) in [5.41, 5.74) is 5.52. The first-order chi connectivity index (χ1) is 19.5. The fourth-order valence-corrected chi connectivity index (χ4v) is 6.16. The van der Waals surface area contributed by atoms with Gasteiger partial charge in [0.2, 0.25) is 5.91 Å². The Balaban J connectivity index is 1.15. The normalized spacial score (nSPS) is 20.8. The lowest BCUT2D eigenvalue weighted by molar-refractivity contribution is -0.233. The van der Waals surface area contributed by atoms with Gasteiger partial charge in [0, 0.05) is 19.4 Å². The van der Waals surface area contributed by atoms with Gasteiger partial charge in [0.15, 0.2) is 0 Å². The smallest absolute Gasteiger partial charge is 0.332 e. The number of aryl methyl sites for hydroxylation is 1. The van der Waals surface area contributed by atoms with Crippen LogP contribution in [0.1, 0.15) is 97.6 Å². The number of morpholine rings is 1. The van der Waals surface area contributed by atoms with Crippen LogP contribution in [0, 0.1) is 0 Å². The van der Waals surface area contributed by atoms with Crippen LogP contribution in [0.4, 0.5) is 0 Å². The van der Waals surface area contributed by atoms with E-state index in [1.54, 1.807) is 6.08 Å². The van der Waals surface area contributed by atoms with Crippen LogP contribution in [0.3, 0.4) is 0 Å². The van der Waals surface area contributed by atoms with E-state index in [0.717, 1.165) is 22.3 Å². The molecule has 2 aliphatic carbocycles. The van der Waals surface area contributed by atoms with Gasteiger partial charge < -0.3 is 14.9 Å². The van der Waals surface area contributed by atoms with Crippen molar-refractivity contribution < 1.29 is 24.0 Å². The lowest BCUT2D eigenvalue weighted by Gasteiger charge is -2.35. The number of benzene rings is 2. The zero-order chi connectivity index (χ0) is 27.9. The zero-order valence-electron chi connectivity index (χ0n) is 23.2. The van der Waals surface area contributed by atoms with Crippen LogP contribution in [0.25, 0.3) is 0 Å². The van der Waals surface area contributed by atoms with Gasteiger partial charge in [0.1, 0.15) is 12.6 Å². The predicted octanol–water partition coefficient (Wildman–Crippen LogP) is 5.62. The molecule has 1 saturated heterocycles. The topological polar surface area (TPSA) is 84.9 Å². The summed E-state index contributed by atoms with van der Waals surface area (Å²) in [4.78, 5) is 43.0. The first-order valence-corrected chi connectivity index (χ1v) is 14.7. The summed E-state index contributed by atoms with van der Waals surface area (Å²) in [7, 11) is 0. The number of carbonyl (C=O) groups excluding carboxylic acids is 3. The van der Waals surface area contributed by atoms with E-state index in [-0.39, 0.29) is 30.9 Å². The summed E-state index contributed by atoms with van der Waals surface area (Å²) in [6, 6.07) is 14.3. The summed E-state index contributed by atoms with van der Waals surface area (Å²) < 4.78 is 5.79. The fourth-order valence-electron chi connectivity index (χ4n) is 6.16. The Morgan fingerprint density at radius 1 is 1.02 bits per heavy atom. The van der Waals surface area contributed by atoms with Gasteiger partial charge in [0.25, 0.3) is 5.91 Å². The number of hydrogen-bond donors (Lipinski definition) is 1. The molecular weight excluding hydrogens is 504 g/mol. The predicted molar refractivity (Wildman–Crippen MR) is 152 cm³/mol. The monoisotopic (exact) mass is 544 g/mol. The second-order valence-electron chi connectivity index (χ2n) is 11.2. The maximum absolute atomic E-state index is 12.7. The van der Waals surface area contributed by atoms with E-state index in [4.69, 9.17) is 9.57 Å². The van der Waals surface area contributed by atoms with Crippen molar-refractivity contribution in [1.29, 1.82) is 0 Å². The second-order valence-corrected chi connectivity index (χ2v) is 11.2. The molecule has 1 aliphatic heterocycles. The Morgan fingerprint density at radius 3 is 2.52 bits per heavy atom. The summed E-state index contributed by atoms with van der Waals surface area (Å²) >= 11 is 0. The van der Waals surface area contributed by atoms with Gasteiger partial charge in [-0.15, -0.1) is 6.58 Å². The number of amides is 2. The molecule has 1 heterocycles. The molecule has 2 amide bonds. The lowest BCUT2D eigenvalue weighted by atomic mass is 9.91. The highest BCUT2D eigenvalue weighted by Gasteiger charge is 2.45. The van der Waals surface area contributed by atoms with Crippen LogP contribution in [0.2, 0.25) is 0 Å². The molecule has 2 aromatic rings. The van der Waals surface area contributed by atoms with Crippen molar-refractivity contribution in [3.05, 3.63) is 82.9 Å². The molecule has 5 rings (SSSR count). The van der Waals surface area contributed by atoms with Crippen molar-refractivity contribution in [2.75, 3.05) is 6.61 Å². The Bertz CT molecular complexity index is 1220. The maximum Gasteiger partial charge on any atom is 0.332 e. The van der Waals surface area contributed by atoms with Gasteiger partial charge in [0.05, 0.1) is 12.5 Å². The molecule has 1 saturated carbocycles. The molecule has 212 valence electrons. The van der Waals surface area contributed by atoms with E-state index in [1.165, 1.54) is 49.2 Å². The molecule has 1 N–H and O–H groups in total. The summed E-state index contributed by atoms with van der Waals surface area (Å²) in [5, 5.41) is 4.25. The molecule has 2 unspecified atom stereocenters. The SMILES string of the molecule is C=CCCC(=O)ON1C(=O)COC2Cc3ccc(CCC(=O)NCc4ccc(C5CCCCCC5)cc4)cc3C21. The number of hydrogen-bond acceptors (Lipinski definition) is 5. The molecule has 7 nitrogen and oxygen atoms in total. The maximum atomic E-state index is 12.7. The largest absolute Gasteiger partial charge is 0.365 e. The van der Waals surface area contributed by atoms with Gasteiger partial charge in [-0.05, 0) is 59.4 Å². The van der Waals surface area contributed by atoms with Crippen LogP contribution in [0.5, 0.6) is 0 Å². The van der Waals surface area contributed by atoms with Crippen LogP contribution < -0.4 is 5.32 Å². The van der Waals surface area contributed by atoms with E-state index in [2.05, 4.69) is 36.2 Å². The molecule has 0 spiro atoms. The molecule has 7 heteroatoms. The van der Waals surface area contributed by atoms with Gasteiger partial charge >= 0.3 is 5.97 Å². The molecule has 2 atom stereocenters. The number of ether oxygens (including phenoxy) is 1. The third-order valence-electron chi connectivity index (χ3n) is 8.41. The number of hydroxylamine groups is 2. The molecule has 0 radical (unpaired) electrons. The molecule has 0 bridgehead atoms. The van der Waals surface area contributed by atoms with Crippen molar-refractivity contribution in [2.24, 2.45) is 0 Å². The Hall–Kier alpha value is -3.45. The zero-order valence-corrected chi connectivity index (χ0v) is 23.2. The summed E-state index contributed by atoms with van der Waals surface area (Å²) in [6.07, 6.45) is 11.5. The van der Waals surface area contributed by atoms with Gasteiger partial charge in [-0.2, -0.15) is 5.06 Å². The number of rotatable bonds is 10. The van der Waals surface area contributed by atoms with E-state index in [1.807, 2.05) is 18.2 Å². The van der Waals surface area contributed by atoms with Gasteiger partial charge in [-0.1, -0.05) is 74.2 Å². The lowest BCUT2D eigenvalue weighted by Crippen LogP contribution is -2.48. The molecule has 40 heavy (non-hydrogen) atoms.